The fourth-order valence-corrected chi connectivity index (χ4v) is 6.07. The molecule has 2 aliphatic heterocycles. The minimum Gasteiger partial charge on any atom is -0.496 e. The molecule has 0 aliphatic carbocycles. The topological polar surface area (TPSA) is 48.0 Å². The van der Waals surface area contributed by atoms with Crippen LogP contribution in [-0.2, 0) is 47.0 Å². The highest BCUT2D eigenvalue weighted by atomic mass is 19.4. The van der Waals surface area contributed by atoms with E-state index in [1.807, 2.05) is 33.8 Å². The summed E-state index contributed by atoms with van der Waals surface area (Å²) in [5.41, 5.74) is 0.878. The molecular formula is C33H32F7NO4. The monoisotopic (exact) mass is 639 g/mol. The molecule has 45 heavy (non-hydrogen) atoms. The molecule has 242 valence electrons. The Labute approximate surface area is 255 Å². The Bertz CT molecular complexity index is 1620. The van der Waals surface area contributed by atoms with Gasteiger partial charge in [0.2, 0.25) is 0 Å². The van der Waals surface area contributed by atoms with Crippen molar-refractivity contribution in [3.8, 4) is 16.9 Å². The fraction of sp³-hybridized carbons (Fsp3) is 0.424. The summed E-state index contributed by atoms with van der Waals surface area (Å²) >= 11 is 0. The Morgan fingerprint density at radius 1 is 0.933 bits per heavy atom. The third kappa shape index (κ3) is 6.08. The number of amides is 1. The quantitative estimate of drug-likeness (QED) is 0.261. The number of fused-ring (bicyclic) bond motifs is 1. The van der Waals surface area contributed by atoms with E-state index in [2.05, 4.69) is 0 Å². The smallest absolute Gasteiger partial charge is 0.416 e. The molecule has 2 aliphatic rings. The predicted octanol–water partition coefficient (Wildman–Crippen LogP) is 9.26. The number of rotatable bonds is 5. The van der Waals surface area contributed by atoms with Gasteiger partial charge in [0.1, 0.15) is 17.7 Å². The van der Waals surface area contributed by atoms with E-state index in [0.29, 0.717) is 47.6 Å². The molecule has 0 unspecified atom stereocenters. The number of hydrogen-bond donors (Lipinski definition) is 0. The molecule has 12 heteroatoms. The van der Waals surface area contributed by atoms with Crippen molar-refractivity contribution < 1.29 is 49.7 Å². The SMILES string of the molecule is COc1cc(F)c(C(C)(C)C)cc1-c1c(CN2C(=O)O[C@H](c3cc(C(F)(F)F)cc(C(F)(F)F)c3)[C@@H]2C)cc2c(c1C)COC2. The van der Waals surface area contributed by atoms with Crippen molar-refractivity contribution in [2.24, 2.45) is 0 Å². The lowest BCUT2D eigenvalue weighted by atomic mass is 9.82. The van der Waals surface area contributed by atoms with Gasteiger partial charge in [0.25, 0.3) is 0 Å². The van der Waals surface area contributed by atoms with Crippen molar-refractivity contribution in [1.82, 2.24) is 4.90 Å². The van der Waals surface area contributed by atoms with Crippen LogP contribution in [0, 0.1) is 12.7 Å². The zero-order valence-electron chi connectivity index (χ0n) is 25.5. The summed E-state index contributed by atoms with van der Waals surface area (Å²) in [6.45, 7) is 9.53. The van der Waals surface area contributed by atoms with Gasteiger partial charge in [0.05, 0.1) is 44.0 Å². The summed E-state index contributed by atoms with van der Waals surface area (Å²) in [6.07, 6.45) is -12.4. The molecule has 3 aromatic rings. The summed E-state index contributed by atoms with van der Waals surface area (Å²) in [4.78, 5) is 14.5. The van der Waals surface area contributed by atoms with Gasteiger partial charge < -0.3 is 14.2 Å². The Balaban J connectivity index is 1.61. The molecule has 0 bridgehead atoms. The molecule has 1 amide bonds. The van der Waals surface area contributed by atoms with Crippen LogP contribution in [0.5, 0.6) is 5.75 Å². The van der Waals surface area contributed by atoms with Crippen LogP contribution < -0.4 is 4.74 Å². The van der Waals surface area contributed by atoms with Crippen LogP contribution in [0.2, 0.25) is 0 Å². The third-order valence-corrected chi connectivity index (χ3v) is 8.43. The lowest BCUT2D eigenvalue weighted by molar-refractivity contribution is -0.143. The molecular weight excluding hydrogens is 607 g/mol. The van der Waals surface area contributed by atoms with Gasteiger partial charge in [-0.15, -0.1) is 0 Å². The van der Waals surface area contributed by atoms with E-state index < -0.39 is 58.5 Å². The molecule has 0 aromatic heterocycles. The first-order valence-corrected chi connectivity index (χ1v) is 14.2. The molecule has 2 atom stereocenters. The minimum atomic E-state index is -5.05. The molecule has 3 aromatic carbocycles. The van der Waals surface area contributed by atoms with Crippen LogP contribution in [0.15, 0.2) is 36.4 Å². The zero-order chi connectivity index (χ0) is 33.2. The van der Waals surface area contributed by atoms with Gasteiger partial charge in [0, 0.05) is 11.6 Å². The second-order valence-corrected chi connectivity index (χ2v) is 12.5. The van der Waals surface area contributed by atoms with Crippen molar-refractivity contribution in [3.63, 3.8) is 0 Å². The number of methoxy groups -OCH3 is 1. The zero-order valence-corrected chi connectivity index (χ0v) is 25.5. The van der Waals surface area contributed by atoms with Crippen molar-refractivity contribution in [2.75, 3.05) is 7.11 Å². The number of carbonyl (C=O) groups excluding carboxylic acids is 1. The summed E-state index contributed by atoms with van der Waals surface area (Å²) in [5.74, 6) is -0.201. The van der Waals surface area contributed by atoms with E-state index in [9.17, 15) is 31.1 Å². The van der Waals surface area contributed by atoms with Crippen molar-refractivity contribution in [3.05, 3.63) is 86.7 Å². The summed E-state index contributed by atoms with van der Waals surface area (Å²) in [6, 6.07) is 5.10. The molecule has 0 N–H and O–H groups in total. The Kier molecular flexibility index (Phi) is 8.13. The summed E-state index contributed by atoms with van der Waals surface area (Å²) in [7, 11) is 1.41. The van der Waals surface area contributed by atoms with Crippen LogP contribution >= 0.6 is 0 Å². The lowest BCUT2D eigenvalue weighted by Crippen LogP contribution is -2.32. The van der Waals surface area contributed by atoms with Gasteiger partial charge in [-0.1, -0.05) is 26.8 Å². The number of hydrogen-bond acceptors (Lipinski definition) is 4. The first-order valence-electron chi connectivity index (χ1n) is 14.2. The van der Waals surface area contributed by atoms with Gasteiger partial charge in [0.15, 0.2) is 0 Å². The number of carbonyl (C=O) groups is 1. The maximum absolute atomic E-state index is 15.2. The molecule has 0 radical (unpaired) electrons. The number of cyclic esters (lactones) is 1. The molecule has 1 fully saturated rings. The van der Waals surface area contributed by atoms with Crippen molar-refractivity contribution in [1.29, 1.82) is 0 Å². The average molecular weight is 640 g/mol. The van der Waals surface area contributed by atoms with Crippen molar-refractivity contribution in [2.45, 2.75) is 84.3 Å². The second kappa shape index (κ2) is 11.2. The minimum absolute atomic E-state index is 0.0340. The molecule has 5 rings (SSSR count). The van der Waals surface area contributed by atoms with Crippen LogP contribution in [0.25, 0.3) is 11.1 Å². The van der Waals surface area contributed by atoms with Crippen LogP contribution in [0.3, 0.4) is 0 Å². The molecule has 2 heterocycles. The predicted molar refractivity (Wildman–Crippen MR) is 151 cm³/mol. The number of halogens is 7. The molecule has 1 saturated heterocycles. The number of ether oxygens (including phenoxy) is 3. The van der Waals surface area contributed by atoms with E-state index in [4.69, 9.17) is 14.2 Å². The van der Waals surface area contributed by atoms with Gasteiger partial charge in [-0.05, 0) is 82.5 Å². The fourth-order valence-electron chi connectivity index (χ4n) is 6.07. The highest BCUT2D eigenvalue weighted by Gasteiger charge is 2.43. The van der Waals surface area contributed by atoms with E-state index in [-0.39, 0.29) is 18.4 Å². The van der Waals surface area contributed by atoms with Gasteiger partial charge in [-0.2, -0.15) is 26.3 Å². The van der Waals surface area contributed by atoms with Crippen LogP contribution in [-0.4, -0.2) is 24.1 Å². The summed E-state index contributed by atoms with van der Waals surface area (Å²) < 4.78 is 113. The maximum Gasteiger partial charge on any atom is 0.416 e. The largest absolute Gasteiger partial charge is 0.496 e. The molecule has 5 nitrogen and oxygen atoms in total. The number of benzene rings is 3. The Morgan fingerprint density at radius 3 is 2.11 bits per heavy atom. The first-order chi connectivity index (χ1) is 20.8. The van der Waals surface area contributed by atoms with Crippen LogP contribution in [0.1, 0.15) is 78.3 Å². The standard InChI is InChI=1S/C33H32F7NO4/c1-16-24-15-44-14-20(24)7-19(28(16)23-11-25(31(3,4)5)26(34)12-27(23)43-6)13-41-17(2)29(45-30(41)42)18-8-21(32(35,36)37)10-22(9-18)33(38,39)40/h7-12,17,29H,13-15H2,1-6H3/t17-,29-/m0/s1. The van der Waals surface area contributed by atoms with Crippen LogP contribution in [0.4, 0.5) is 35.5 Å². The number of nitrogens with zero attached hydrogens (tertiary/aromatic N) is 1. The van der Waals surface area contributed by atoms with Gasteiger partial charge >= 0.3 is 18.4 Å². The van der Waals surface area contributed by atoms with E-state index >= 15 is 4.39 Å². The van der Waals surface area contributed by atoms with E-state index in [1.54, 1.807) is 6.07 Å². The van der Waals surface area contributed by atoms with Gasteiger partial charge in [-0.25, -0.2) is 9.18 Å². The molecule has 0 saturated carbocycles. The van der Waals surface area contributed by atoms with Crippen molar-refractivity contribution >= 4 is 6.09 Å². The molecule has 0 spiro atoms. The number of alkyl halides is 6. The van der Waals surface area contributed by atoms with Gasteiger partial charge in [-0.3, -0.25) is 4.90 Å². The first kappa shape index (κ1) is 32.6. The normalized spacial score (nSPS) is 18.8. The lowest BCUT2D eigenvalue weighted by Gasteiger charge is -2.27. The third-order valence-electron chi connectivity index (χ3n) is 8.43. The average Bonchev–Trinajstić information content (AvgIpc) is 3.52. The maximum atomic E-state index is 15.2. The Morgan fingerprint density at radius 2 is 1.56 bits per heavy atom. The second-order valence-electron chi connectivity index (χ2n) is 12.5. The van der Waals surface area contributed by atoms with E-state index in [0.717, 1.165) is 16.7 Å². The highest BCUT2D eigenvalue weighted by Crippen LogP contribution is 2.45. The Hall–Kier alpha value is -3.80. The highest BCUT2D eigenvalue weighted by molar-refractivity contribution is 5.80. The van der Waals surface area contributed by atoms with E-state index in [1.165, 1.54) is 25.0 Å². The summed E-state index contributed by atoms with van der Waals surface area (Å²) in [5, 5.41) is 0.